The predicted octanol–water partition coefficient (Wildman–Crippen LogP) is 0.468. The number of rotatable bonds is 4. The van der Waals surface area contributed by atoms with Crippen molar-refractivity contribution in [3.63, 3.8) is 0 Å². The number of nitrogens with one attached hydrogen (secondary N) is 1. The fourth-order valence-electron chi connectivity index (χ4n) is 1.36. The van der Waals surface area contributed by atoms with Crippen molar-refractivity contribution in [3.05, 3.63) is 29.8 Å². The van der Waals surface area contributed by atoms with Crippen LogP contribution in [-0.2, 0) is 4.79 Å². The first kappa shape index (κ1) is 12.2. The van der Waals surface area contributed by atoms with Gasteiger partial charge < -0.3 is 5.73 Å². The van der Waals surface area contributed by atoms with Crippen LogP contribution in [0.4, 0.5) is 5.69 Å². The van der Waals surface area contributed by atoms with E-state index < -0.39 is 5.92 Å². The Morgan fingerprint density at radius 1 is 1.31 bits per heavy atom. The van der Waals surface area contributed by atoms with Crippen molar-refractivity contribution in [1.29, 1.82) is 0 Å². The van der Waals surface area contributed by atoms with E-state index in [9.17, 15) is 9.59 Å². The maximum atomic E-state index is 11.8. The third-order valence-electron chi connectivity index (χ3n) is 2.30. The van der Waals surface area contributed by atoms with Gasteiger partial charge in [0, 0.05) is 23.6 Å². The van der Waals surface area contributed by atoms with Gasteiger partial charge in [-0.15, -0.1) is 0 Å². The fraction of sp³-hybridized carbons (Fsp3) is 0.273. The van der Waals surface area contributed by atoms with Gasteiger partial charge in [-0.05, 0) is 24.3 Å². The first-order chi connectivity index (χ1) is 7.54. The Morgan fingerprint density at radius 3 is 2.38 bits per heavy atom. The Kier molecular flexibility index (Phi) is 4.02. The van der Waals surface area contributed by atoms with Crippen LogP contribution in [0, 0.1) is 5.92 Å². The van der Waals surface area contributed by atoms with E-state index >= 15 is 0 Å². The van der Waals surface area contributed by atoms with Crippen molar-refractivity contribution < 1.29 is 9.59 Å². The number of ketones is 1. The second-order valence-electron chi connectivity index (χ2n) is 3.66. The van der Waals surface area contributed by atoms with Crippen molar-refractivity contribution in [2.45, 2.75) is 13.3 Å². The fourth-order valence-corrected chi connectivity index (χ4v) is 1.36. The molecule has 1 unspecified atom stereocenters. The van der Waals surface area contributed by atoms with Gasteiger partial charge in [0.2, 0.25) is 5.91 Å². The highest BCUT2D eigenvalue weighted by molar-refractivity contribution is 5.99. The molecule has 0 aromatic heterocycles. The minimum Gasteiger partial charge on any atom is -0.399 e. The lowest BCUT2D eigenvalue weighted by molar-refractivity contribution is -0.121. The summed E-state index contributed by atoms with van der Waals surface area (Å²) in [6, 6.07) is 6.61. The van der Waals surface area contributed by atoms with Crippen LogP contribution in [0.2, 0.25) is 0 Å². The highest BCUT2D eigenvalue weighted by Gasteiger charge is 2.17. The van der Waals surface area contributed by atoms with Gasteiger partial charge in [-0.2, -0.15) is 0 Å². The van der Waals surface area contributed by atoms with Crippen molar-refractivity contribution in [2.75, 3.05) is 5.73 Å². The van der Waals surface area contributed by atoms with E-state index in [2.05, 4.69) is 0 Å². The number of carbonyl (C=O) groups excluding carboxylic acids is 2. The number of anilines is 1. The molecule has 0 fully saturated rings. The van der Waals surface area contributed by atoms with Crippen LogP contribution in [0.25, 0.3) is 0 Å². The molecule has 0 aliphatic carbocycles. The zero-order valence-electron chi connectivity index (χ0n) is 9.07. The Bertz CT molecular complexity index is 387. The Balaban J connectivity index is 2.70. The van der Waals surface area contributed by atoms with E-state index in [0.717, 1.165) is 0 Å². The van der Waals surface area contributed by atoms with Gasteiger partial charge in [0.25, 0.3) is 0 Å². The Hall–Kier alpha value is -1.88. The first-order valence-corrected chi connectivity index (χ1v) is 4.93. The van der Waals surface area contributed by atoms with E-state index in [1.165, 1.54) is 0 Å². The van der Waals surface area contributed by atoms with E-state index in [0.29, 0.717) is 11.3 Å². The molecule has 0 saturated heterocycles. The van der Waals surface area contributed by atoms with Crippen molar-refractivity contribution in [3.8, 4) is 0 Å². The second-order valence-corrected chi connectivity index (χ2v) is 3.66. The summed E-state index contributed by atoms with van der Waals surface area (Å²) in [4.78, 5) is 22.8. The summed E-state index contributed by atoms with van der Waals surface area (Å²) in [5.74, 6) is 4.11. The summed E-state index contributed by atoms with van der Waals surface area (Å²) >= 11 is 0. The molecule has 1 aromatic carbocycles. The summed E-state index contributed by atoms with van der Waals surface area (Å²) in [6.07, 6.45) is 0.0830. The lowest BCUT2D eigenvalue weighted by atomic mass is 9.96. The van der Waals surface area contributed by atoms with E-state index in [4.69, 9.17) is 11.6 Å². The molecule has 5 nitrogen and oxygen atoms in total. The Morgan fingerprint density at radius 2 is 1.88 bits per heavy atom. The number of benzene rings is 1. The summed E-state index contributed by atoms with van der Waals surface area (Å²) in [5, 5.41) is 0. The average molecular weight is 221 g/mol. The van der Waals surface area contributed by atoms with Crippen LogP contribution < -0.4 is 17.0 Å². The molecule has 0 bridgehead atoms. The van der Waals surface area contributed by atoms with Gasteiger partial charge in [0.15, 0.2) is 5.78 Å². The van der Waals surface area contributed by atoms with Gasteiger partial charge in [0.1, 0.15) is 0 Å². The SMILES string of the molecule is CC(CC(=O)NN)C(=O)c1ccc(N)cc1. The standard InChI is InChI=1S/C11H15N3O2/c1-7(6-10(15)14-13)11(16)8-2-4-9(12)5-3-8/h2-5,7H,6,12-13H2,1H3,(H,14,15). The average Bonchev–Trinajstić information content (AvgIpc) is 2.28. The van der Waals surface area contributed by atoms with E-state index in [-0.39, 0.29) is 18.1 Å². The van der Waals surface area contributed by atoms with Crippen LogP contribution >= 0.6 is 0 Å². The van der Waals surface area contributed by atoms with Crippen LogP contribution in [-0.4, -0.2) is 11.7 Å². The molecule has 0 aliphatic heterocycles. The van der Waals surface area contributed by atoms with Gasteiger partial charge in [-0.1, -0.05) is 6.92 Å². The summed E-state index contributed by atoms with van der Waals surface area (Å²) in [5.41, 5.74) is 8.66. The molecule has 0 saturated carbocycles. The van der Waals surface area contributed by atoms with Crippen molar-refractivity contribution in [2.24, 2.45) is 11.8 Å². The molecule has 86 valence electrons. The van der Waals surface area contributed by atoms with Crippen LogP contribution in [0.3, 0.4) is 0 Å². The molecule has 0 aliphatic rings. The highest BCUT2D eigenvalue weighted by Crippen LogP contribution is 2.13. The van der Waals surface area contributed by atoms with Crippen LogP contribution in [0.5, 0.6) is 0 Å². The van der Waals surface area contributed by atoms with Gasteiger partial charge in [-0.25, -0.2) is 5.84 Å². The third kappa shape index (κ3) is 3.06. The molecule has 1 rings (SSSR count). The number of hydrogen-bond donors (Lipinski definition) is 3. The maximum Gasteiger partial charge on any atom is 0.234 e. The summed E-state index contributed by atoms with van der Waals surface area (Å²) < 4.78 is 0. The van der Waals surface area contributed by atoms with Crippen LogP contribution in [0.15, 0.2) is 24.3 Å². The number of hydrogen-bond acceptors (Lipinski definition) is 4. The Labute approximate surface area is 93.8 Å². The molecule has 0 heterocycles. The topological polar surface area (TPSA) is 98.2 Å². The number of carbonyl (C=O) groups is 2. The quantitative estimate of drug-likeness (QED) is 0.226. The maximum absolute atomic E-state index is 11.8. The van der Waals surface area contributed by atoms with E-state index in [1.807, 2.05) is 5.43 Å². The van der Waals surface area contributed by atoms with Gasteiger partial charge in [-0.3, -0.25) is 15.0 Å². The number of hydrazine groups is 1. The van der Waals surface area contributed by atoms with Crippen molar-refractivity contribution in [1.82, 2.24) is 5.43 Å². The lowest BCUT2D eigenvalue weighted by Gasteiger charge is -2.09. The highest BCUT2D eigenvalue weighted by atomic mass is 16.2. The number of amides is 1. The zero-order chi connectivity index (χ0) is 12.1. The molecule has 5 heteroatoms. The molecule has 16 heavy (non-hydrogen) atoms. The minimum atomic E-state index is -0.396. The van der Waals surface area contributed by atoms with Crippen molar-refractivity contribution >= 4 is 17.4 Å². The molecule has 1 amide bonds. The predicted molar refractivity (Wildman–Crippen MR) is 61.3 cm³/mol. The lowest BCUT2D eigenvalue weighted by Crippen LogP contribution is -2.32. The molecule has 1 atom stereocenters. The molecule has 0 radical (unpaired) electrons. The second kappa shape index (κ2) is 5.27. The summed E-state index contributed by atoms with van der Waals surface area (Å²) in [7, 11) is 0. The molecular formula is C11H15N3O2. The number of Topliss-reactive ketones (excluding diaryl/α,β-unsaturated/α-hetero) is 1. The smallest absolute Gasteiger partial charge is 0.234 e. The first-order valence-electron chi connectivity index (χ1n) is 4.93. The third-order valence-corrected chi connectivity index (χ3v) is 2.30. The molecule has 1 aromatic rings. The van der Waals surface area contributed by atoms with E-state index in [1.54, 1.807) is 31.2 Å². The van der Waals surface area contributed by atoms with Gasteiger partial charge in [0.05, 0.1) is 0 Å². The number of nitrogen functional groups attached to an aromatic ring is 1. The largest absolute Gasteiger partial charge is 0.399 e. The monoisotopic (exact) mass is 221 g/mol. The molecular weight excluding hydrogens is 206 g/mol. The normalized spacial score (nSPS) is 11.9. The minimum absolute atomic E-state index is 0.0830. The number of nitrogens with two attached hydrogens (primary N) is 2. The zero-order valence-corrected chi connectivity index (χ0v) is 9.07. The molecule has 5 N–H and O–H groups in total. The molecule has 0 spiro atoms. The van der Waals surface area contributed by atoms with Crippen LogP contribution in [0.1, 0.15) is 23.7 Å². The summed E-state index contributed by atoms with van der Waals surface area (Å²) in [6.45, 7) is 1.69. The van der Waals surface area contributed by atoms with Gasteiger partial charge >= 0.3 is 0 Å².